The number of aromatic nitrogens is 4. The van der Waals surface area contributed by atoms with Gasteiger partial charge in [0, 0.05) is 6.20 Å². The zero-order valence-electron chi connectivity index (χ0n) is 8.37. The second-order valence-corrected chi connectivity index (χ2v) is 3.29. The van der Waals surface area contributed by atoms with Crippen molar-refractivity contribution in [3.63, 3.8) is 0 Å². The molecule has 3 aromatic rings. The van der Waals surface area contributed by atoms with Crippen LogP contribution in [0.25, 0.3) is 17.2 Å². The Hall–Kier alpha value is -2.21. The summed E-state index contributed by atoms with van der Waals surface area (Å²) in [6, 6.07) is 7.27. The van der Waals surface area contributed by atoms with Gasteiger partial charge in [-0.1, -0.05) is 0 Å². The molecule has 0 spiro atoms. The fourth-order valence-electron chi connectivity index (χ4n) is 1.51. The Morgan fingerprint density at radius 3 is 3.00 bits per heavy atom. The Kier molecular flexibility index (Phi) is 1.94. The number of rotatable bonds is 2. The third-order valence-electron chi connectivity index (χ3n) is 2.26. The van der Waals surface area contributed by atoms with Crippen LogP contribution < -0.4 is 5.73 Å². The van der Waals surface area contributed by atoms with E-state index in [-0.39, 0.29) is 0 Å². The SMILES string of the molecule is NCc1ccc(-c2nnc3cccnn23)o1. The van der Waals surface area contributed by atoms with Gasteiger partial charge in [0.15, 0.2) is 11.4 Å². The van der Waals surface area contributed by atoms with Crippen molar-refractivity contribution in [3.05, 3.63) is 36.2 Å². The third-order valence-corrected chi connectivity index (χ3v) is 2.26. The van der Waals surface area contributed by atoms with Crippen LogP contribution in [0.5, 0.6) is 0 Å². The number of furan rings is 1. The number of nitrogens with zero attached hydrogens (tertiary/aromatic N) is 4. The van der Waals surface area contributed by atoms with Crippen LogP contribution in [-0.4, -0.2) is 19.8 Å². The highest BCUT2D eigenvalue weighted by Crippen LogP contribution is 2.19. The molecule has 0 aliphatic rings. The highest BCUT2D eigenvalue weighted by atomic mass is 16.3. The van der Waals surface area contributed by atoms with Crippen molar-refractivity contribution >= 4 is 5.65 Å². The van der Waals surface area contributed by atoms with E-state index in [0.717, 1.165) is 0 Å². The fraction of sp³-hybridized carbons (Fsp3) is 0.100. The molecule has 0 aliphatic carbocycles. The molecule has 0 radical (unpaired) electrons. The van der Waals surface area contributed by atoms with Crippen LogP contribution in [0.3, 0.4) is 0 Å². The van der Waals surface area contributed by atoms with E-state index in [1.54, 1.807) is 16.8 Å². The van der Waals surface area contributed by atoms with E-state index < -0.39 is 0 Å². The molecule has 0 unspecified atom stereocenters. The van der Waals surface area contributed by atoms with Crippen molar-refractivity contribution in [2.75, 3.05) is 0 Å². The first-order valence-electron chi connectivity index (χ1n) is 4.84. The standard InChI is InChI=1S/C10H9N5O/c11-6-7-3-4-8(16-7)10-14-13-9-2-1-5-12-15(9)10/h1-5H,6,11H2. The Balaban J connectivity index is 2.18. The predicted molar refractivity (Wildman–Crippen MR) is 56.4 cm³/mol. The highest BCUT2D eigenvalue weighted by Gasteiger charge is 2.12. The van der Waals surface area contributed by atoms with E-state index in [9.17, 15) is 0 Å². The molecule has 3 aromatic heterocycles. The van der Waals surface area contributed by atoms with Crippen LogP contribution in [0.2, 0.25) is 0 Å². The first kappa shape index (κ1) is 9.05. The maximum absolute atomic E-state index is 5.50. The van der Waals surface area contributed by atoms with Gasteiger partial charge in [-0.3, -0.25) is 0 Å². The van der Waals surface area contributed by atoms with Crippen molar-refractivity contribution in [3.8, 4) is 11.6 Å². The first-order chi connectivity index (χ1) is 7.88. The molecule has 2 N–H and O–H groups in total. The van der Waals surface area contributed by atoms with E-state index in [1.165, 1.54) is 0 Å². The topological polar surface area (TPSA) is 82.2 Å². The van der Waals surface area contributed by atoms with E-state index in [0.29, 0.717) is 29.5 Å². The first-order valence-corrected chi connectivity index (χ1v) is 4.84. The zero-order chi connectivity index (χ0) is 11.0. The lowest BCUT2D eigenvalue weighted by Crippen LogP contribution is -1.94. The van der Waals surface area contributed by atoms with Crippen molar-refractivity contribution in [2.45, 2.75) is 6.54 Å². The van der Waals surface area contributed by atoms with Crippen molar-refractivity contribution in [1.82, 2.24) is 19.8 Å². The molecule has 0 amide bonds. The van der Waals surface area contributed by atoms with Crippen LogP contribution in [0.4, 0.5) is 0 Å². The van der Waals surface area contributed by atoms with Crippen LogP contribution in [-0.2, 0) is 6.54 Å². The molecule has 3 heterocycles. The maximum atomic E-state index is 5.50. The molecule has 3 rings (SSSR count). The Bertz CT molecular complexity index is 627. The van der Waals surface area contributed by atoms with Gasteiger partial charge >= 0.3 is 0 Å². The lowest BCUT2D eigenvalue weighted by molar-refractivity contribution is 0.520. The van der Waals surface area contributed by atoms with Crippen molar-refractivity contribution < 1.29 is 4.42 Å². The summed E-state index contributed by atoms with van der Waals surface area (Å²) in [5, 5.41) is 12.2. The average molecular weight is 215 g/mol. The highest BCUT2D eigenvalue weighted by molar-refractivity contribution is 5.52. The van der Waals surface area contributed by atoms with E-state index in [2.05, 4.69) is 15.3 Å². The normalized spacial score (nSPS) is 11.1. The van der Waals surface area contributed by atoms with Gasteiger partial charge in [-0.2, -0.15) is 9.61 Å². The van der Waals surface area contributed by atoms with Gasteiger partial charge in [-0.05, 0) is 24.3 Å². The summed E-state index contributed by atoms with van der Waals surface area (Å²) in [5.74, 6) is 1.91. The van der Waals surface area contributed by atoms with Gasteiger partial charge < -0.3 is 10.2 Å². The van der Waals surface area contributed by atoms with Gasteiger partial charge in [0.2, 0.25) is 5.82 Å². The lowest BCUT2D eigenvalue weighted by Gasteiger charge is -1.93. The van der Waals surface area contributed by atoms with Crippen LogP contribution in [0.15, 0.2) is 34.9 Å². The van der Waals surface area contributed by atoms with Gasteiger partial charge in [0.25, 0.3) is 0 Å². The van der Waals surface area contributed by atoms with Gasteiger partial charge in [0.05, 0.1) is 6.54 Å². The smallest absolute Gasteiger partial charge is 0.220 e. The molecule has 6 nitrogen and oxygen atoms in total. The lowest BCUT2D eigenvalue weighted by atomic mass is 10.4. The molecular formula is C10H9N5O. The minimum atomic E-state index is 0.365. The van der Waals surface area contributed by atoms with Gasteiger partial charge in [-0.25, -0.2) is 0 Å². The van der Waals surface area contributed by atoms with Crippen molar-refractivity contribution in [1.29, 1.82) is 0 Å². The third kappa shape index (κ3) is 1.28. The van der Waals surface area contributed by atoms with E-state index in [1.807, 2.05) is 18.2 Å². The second kappa shape index (κ2) is 3.42. The zero-order valence-corrected chi connectivity index (χ0v) is 8.37. The molecule has 0 saturated heterocycles. The molecule has 0 aromatic carbocycles. The molecule has 6 heteroatoms. The fourth-order valence-corrected chi connectivity index (χ4v) is 1.51. The molecule has 0 fully saturated rings. The molecule has 16 heavy (non-hydrogen) atoms. The molecular weight excluding hydrogens is 206 g/mol. The molecule has 0 atom stereocenters. The maximum Gasteiger partial charge on any atom is 0.220 e. The molecule has 80 valence electrons. The second-order valence-electron chi connectivity index (χ2n) is 3.29. The number of nitrogens with two attached hydrogens (primary N) is 1. The van der Waals surface area contributed by atoms with Crippen molar-refractivity contribution in [2.24, 2.45) is 5.73 Å². The summed E-state index contributed by atoms with van der Waals surface area (Å²) < 4.78 is 7.12. The summed E-state index contributed by atoms with van der Waals surface area (Å²) in [4.78, 5) is 0. The molecule has 0 saturated carbocycles. The molecule has 0 aliphatic heterocycles. The van der Waals surface area contributed by atoms with E-state index in [4.69, 9.17) is 10.2 Å². The van der Waals surface area contributed by atoms with E-state index >= 15 is 0 Å². The summed E-state index contributed by atoms with van der Waals surface area (Å²) in [7, 11) is 0. The summed E-state index contributed by atoms with van der Waals surface area (Å²) in [5.41, 5.74) is 6.16. The Morgan fingerprint density at radius 2 is 2.19 bits per heavy atom. The van der Waals surface area contributed by atoms with Crippen LogP contribution >= 0.6 is 0 Å². The Morgan fingerprint density at radius 1 is 1.25 bits per heavy atom. The van der Waals surface area contributed by atoms with Gasteiger partial charge in [-0.15, -0.1) is 10.2 Å². The largest absolute Gasteiger partial charge is 0.456 e. The minimum absolute atomic E-state index is 0.365. The quantitative estimate of drug-likeness (QED) is 0.685. The molecule has 0 bridgehead atoms. The predicted octanol–water partition coefficient (Wildman–Crippen LogP) is 0.843. The summed E-state index contributed by atoms with van der Waals surface area (Å²) in [6.45, 7) is 0.365. The monoisotopic (exact) mass is 215 g/mol. The summed E-state index contributed by atoms with van der Waals surface area (Å²) >= 11 is 0. The average Bonchev–Trinajstić information content (AvgIpc) is 2.94. The minimum Gasteiger partial charge on any atom is -0.456 e. The van der Waals surface area contributed by atoms with Gasteiger partial charge in [0.1, 0.15) is 5.76 Å². The summed E-state index contributed by atoms with van der Waals surface area (Å²) in [6.07, 6.45) is 1.67. The van der Waals surface area contributed by atoms with Crippen LogP contribution in [0.1, 0.15) is 5.76 Å². The number of fused-ring (bicyclic) bond motifs is 1. The Labute approximate surface area is 90.7 Å². The number of hydrogen-bond donors (Lipinski definition) is 1. The van der Waals surface area contributed by atoms with Crippen LogP contribution in [0, 0.1) is 0 Å². The number of hydrogen-bond acceptors (Lipinski definition) is 5.